The lowest BCUT2D eigenvalue weighted by molar-refractivity contribution is -0.143. The minimum atomic E-state index is -0.0803. The van der Waals surface area contributed by atoms with Gasteiger partial charge in [0.25, 0.3) is 0 Å². The molecular formula is C25H38O2. The second-order valence-corrected chi connectivity index (χ2v) is 7.20. The summed E-state index contributed by atoms with van der Waals surface area (Å²) in [6.45, 7) is 4.84. The first-order valence-corrected chi connectivity index (χ1v) is 10.7. The molecule has 0 bridgehead atoms. The maximum atomic E-state index is 11.8. The Labute approximate surface area is 166 Å². The van der Waals surface area contributed by atoms with Crippen molar-refractivity contribution in [2.24, 2.45) is 0 Å². The predicted octanol–water partition coefficient (Wildman–Crippen LogP) is 7.37. The molecule has 0 spiro atoms. The van der Waals surface area contributed by atoms with Crippen molar-refractivity contribution in [1.29, 1.82) is 0 Å². The molecule has 1 rings (SSSR count). The van der Waals surface area contributed by atoms with Crippen LogP contribution in [0.1, 0.15) is 89.5 Å². The maximum absolute atomic E-state index is 11.8. The minimum Gasteiger partial charge on any atom is -0.465 e. The number of unbranched alkanes of at least 4 members (excludes halogenated alkanes) is 5. The summed E-state index contributed by atoms with van der Waals surface area (Å²) in [6.07, 6.45) is 19.8. The van der Waals surface area contributed by atoms with E-state index < -0.39 is 0 Å². The number of allylic oxidation sites excluding steroid dienone is 3. The summed E-state index contributed by atoms with van der Waals surface area (Å²) >= 11 is 0. The summed E-state index contributed by atoms with van der Waals surface area (Å²) < 4.78 is 5.32. The first-order valence-electron chi connectivity index (χ1n) is 10.7. The van der Waals surface area contributed by atoms with E-state index in [0.717, 1.165) is 25.7 Å². The highest BCUT2D eigenvalue weighted by atomic mass is 16.5. The number of hydrogen-bond donors (Lipinski definition) is 0. The second kappa shape index (κ2) is 16.4. The zero-order chi connectivity index (χ0) is 19.6. The molecular weight excluding hydrogens is 332 g/mol. The maximum Gasteiger partial charge on any atom is 0.305 e. The first-order chi connectivity index (χ1) is 13.2. The normalized spacial score (nSPS) is 12.7. The molecule has 150 valence electrons. The summed E-state index contributed by atoms with van der Waals surface area (Å²) in [5, 5.41) is 0. The second-order valence-electron chi connectivity index (χ2n) is 7.20. The number of carbonyl (C=O) groups excluding carboxylic acids is 1. The number of rotatable bonds is 15. The van der Waals surface area contributed by atoms with Crippen LogP contribution < -0.4 is 0 Å². The van der Waals surface area contributed by atoms with Gasteiger partial charge < -0.3 is 4.74 Å². The van der Waals surface area contributed by atoms with Crippen molar-refractivity contribution in [3.05, 3.63) is 60.2 Å². The molecule has 1 atom stereocenters. The third kappa shape index (κ3) is 13.1. The molecule has 0 aromatic heterocycles. The zero-order valence-corrected chi connectivity index (χ0v) is 17.4. The van der Waals surface area contributed by atoms with E-state index in [1.807, 2.05) is 18.2 Å². The van der Waals surface area contributed by atoms with E-state index in [0.29, 0.717) is 18.9 Å². The molecule has 0 heterocycles. The molecule has 0 fully saturated rings. The van der Waals surface area contributed by atoms with Crippen LogP contribution in [-0.2, 0) is 9.53 Å². The number of hydrogen-bond acceptors (Lipinski definition) is 2. The van der Waals surface area contributed by atoms with Crippen molar-refractivity contribution < 1.29 is 9.53 Å². The molecule has 2 nitrogen and oxygen atoms in total. The molecule has 0 saturated heterocycles. The molecule has 1 unspecified atom stereocenters. The van der Waals surface area contributed by atoms with Gasteiger partial charge in [-0.25, -0.2) is 0 Å². The van der Waals surface area contributed by atoms with Gasteiger partial charge >= 0.3 is 5.97 Å². The SMILES string of the molecule is CC/C=C/CCCCCC/C=C/CCOC(=O)CCC(C)c1ccccc1. The van der Waals surface area contributed by atoms with Gasteiger partial charge in [0, 0.05) is 6.42 Å². The van der Waals surface area contributed by atoms with Crippen LogP contribution in [0.3, 0.4) is 0 Å². The summed E-state index contributed by atoms with van der Waals surface area (Å²) in [6, 6.07) is 10.3. The highest BCUT2D eigenvalue weighted by Crippen LogP contribution is 2.20. The Morgan fingerprint density at radius 3 is 2.22 bits per heavy atom. The van der Waals surface area contributed by atoms with Crippen LogP contribution in [-0.4, -0.2) is 12.6 Å². The molecule has 0 radical (unpaired) electrons. The van der Waals surface area contributed by atoms with Gasteiger partial charge in [0.1, 0.15) is 0 Å². The summed E-state index contributed by atoms with van der Waals surface area (Å²) in [5.41, 5.74) is 1.28. The number of ether oxygens (including phenoxy) is 1. The minimum absolute atomic E-state index is 0.0803. The lowest BCUT2D eigenvalue weighted by atomic mass is 9.96. The number of benzene rings is 1. The topological polar surface area (TPSA) is 26.3 Å². The summed E-state index contributed by atoms with van der Waals surface area (Å²) in [5.74, 6) is 0.310. The molecule has 0 N–H and O–H groups in total. The fraction of sp³-hybridized carbons (Fsp3) is 0.560. The van der Waals surface area contributed by atoms with E-state index in [1.54, 1.807) is 0 Å². The zero-order valence-electron chi connectivity index (χ0n) is 17.4. The monoisotopic (exact) mass is 370 g/mol. The van der Waals surface area contributed by atoms with Crippen molar-refractivity contribution in [3.8, 4) is 0 Å². The van der Waals surface area contributed by atoms with Crippen molar-refractivity contribution in [2.75, 3.05) is 6.61 Å². The highest BCUT2D eigenvalue weighted by molar-refractivity contribution is 5.69. The lowest BCUT2D eigenvalue weighted by Crippen LogP contribution is -2.07. The van der Waals surface area contributed by atoms with Crippen LogP contribution in [0.2, 0.25) is 0 Å². The van der Waals surface area contributed by atoms with Crippen molar-refractivity contribution in [1.82, 2.24) is 0 Å². The van der Waals surface area contributed by atoms with Crippen LogP contribution >= 0.6 is 0 Å². The highest BCUT2D eigenvalue weighted by Gasteiger charge is 2.09. The largest absolute Gasteiger partial charge is 0.465 e. The quantitative estimate of drug-likeness (QED) is 0.183. The smallest absolute Gasteiger partial charge is 0.305 e. The van der Waals surface area contributed by atoms with E-state index in [9.17, 15) is 4.79 Å². The molecule has 0 aliphatic heterocycles. The third-order valence-electron chi connectivity index (χ3n) is 4.76. The summed E-state index contributed by atoms with van der Waals surface area (Å²) in [4.78, 5) is 11.8. The van der Waals surface area contributed by atoms with Crippen LogP contribution in [0.5, 0.6) is 0 Å². The Kier molecular flexibility index (Phi) is 14.1. The van der Waals surface area contributed by atoms with Gasteiger partial charge in [-0.1, -0.05) is 81.3 Å². The van der Waals surface area contributed by atoms with E-state index in [-0.39, 0.29) is 5.97 Å². The van der Waals surface area contributed by atoms with E-state index in [2.05, 4.69) is 50.3 Å². The molecule has 2 heteroatoms. The Bertz CT molecular complexity index is 531. The molecule has 1 aromatic carbocycles. The predicted molar refractivity (Wildman–Crippen MR) is 116 cm³/mol. The van der Waals surface area contributed by atoms with Gasteiger partial charge in [-0.3, -0.25) is 4.79 Å². The van der Waals surface area contributed by atoms with Crippen LogP contribution in [0, 0.1) is 0 Å². The lowest BCUT2D eigenvalue weighted by Gasteiger charge is -2.11. The van der Waals surface area contributed by atoms with Crippen molar-refractivity contribution in [3.63, 3.8) is 0 Å². The van der Waals surface area contributed by atoms with Gasteiger partial charge in [0.05, 0.1) is 6.61 Å². The Morgan fingerprint density at radius 1 is 0.926 bits per heavy atom. The average Bonchev–Trinajstić information content (AvgIpc) is 2.70. The van der Waals surface area contributed by atoms with Gasteiger partial charge in [0.15, 0.2) is 0 Å². The Morgan fingerprint density at radius 2 is 1.56 bits per heavy atom. The molecule has 0 amide bonds. The molecule has 0 aliphatic carbocycles. The molecule has 27 heavy (non-hydrogen) atoms. The molecule has 0 aliphatic rings. The average molecular weight is 371 g/mol. The van der Waals surface area contributed by atoms with Gasteiger partial charge in [-0.15, -0.1) is 0 Å². The van der Waals surface area contributed by atoms with Crippen LogP contribution in [0.4, 0.5) is 0 Å². The standard InChI is InChI=1S/C25H38O2/c1-3-4-5-6-7-8-9-10-11-12-13-17-22-27-25(26)21-20-23(2)24-18-15-14-16-19-24/h4-5,12-16,18-19,23H,3,6-11,17,20-22H2,1-2H3/b5-4+,13-12+. The molecule has 1 aromatic rings. The van der Waals surface area contributed by atoms with E-state index in [1.165, 1.54) is 37.7 Å². The summed E-state index contributed by atoms with van der Waals surface area (Å²) in [7, 11) is 0. The fourth-order valence-corrected chi connectivity index (χ4v) is 2.99. The van der Waals surface area contributed by atoms with Crippen LogP contribution in [0.15, 0.2) is 54.6 Å². The van der Waals surface area contributed by atoms with Crippen molar-refractivity contribution >= 4 is 5.97 Å². The van der Waals surface area contributed by atoms with E-state index >= 15 is 0 Å². The van der Waals surface area contributed by atoms with Gasteiger partial charge in [0.2, 0.25) is 0 Å². The Balaban J connectivity index is 1.94. The Hall–Kier alpha value is -1.83. The van der Waals surface area contributed by atoms with Crippen LogP contribution in [0.25, 0.3) is 0 Å². The fourth-order valence-electron chi connectivity index (χ4n) is 2.99. The number of esters is 1. The van der Waals surface area contributed by atoms with Crippen molar-refractivity contribution in [2.45, 2.75) is 84.0 Å². The third-order valence-corrected chi connectivity index (χ3v) is 4.76. The van der Waals surface area contributed by atoms with E-state index in [4.69, 9.17) is 4.74 Å². The first kappa shape index (κ1) is 23.2. The molecule has 0 saturated carbocycles. The van der Waals surface area contributed by atoms with Gasteiger partial charge in [-0.2, -0.15) is 0 Å². The number of carbonyl (C=O) groups is 1. The van der Waals surface area contributed by atoms with Gasteiger partial charge in [-0.05, 0) is 56.4 Å².